The van der Waals surface area contributed by atoms with Gasteiger partial charge < -0.3 is 10.2 Å². The van der Waals surface area contributed by atoms with E-state index in [4.69, 9.17) is 0 Å². The molecule has 0 radical (unpaired) electrons. The first kappa shape index (κ1) is 16.2. The van der Waals surface area contributed by atoms with Gasteiger partial charge in [-0.1, -0.05) is 56.5 Å². The summed E-state index contributed by atoms with van der Waals surface area (Å²) in [7, 11) is 2.20. The molecule has 0 bridgehead atoms. The van der Waals surface area contributed by atoms with Gasteiger partial charge in [-0.2, -0.15) is 0 Å². The molecule has 0 aromatic heterocycles. The number of hydrogen-bond donors (Lipinski definition) is 1. The predicted molar refractivity (Wildman–Crippen MR) is 84.4 cm³/mol. The van der Waals surface area contributed by atoms with Crippen LogP contribution in [0.1, 0.15) is 44.6 Å². The zero-order chi connectivity index (χ0) is 13.8. The minimum absolute atomic E-state index is 1.05. The molecular formula is C17H30N2. The highest BCUT2D eigenvalue weighted by Gasteiger charge is 1.99. The summed E-state index contributed by atoms with van der Waals surface area (Å²) in [5.74, 6) is 0. The summed E-state index contributed by atoms with van der Waals surface area (Å²) in [4.78, 5) is 2.40. The van der Waals surface area contributed by atoms with Crippen molar-refractivity contribution in [2.75, 3.05) is 26.7 Å². The van der Waals surface area contributed by atoms with E-state index in [1.54, 1.807) is 0 Å². The van der Waals surface area contributed by atoms with Crippen LogP contribution in [0.15, 0.2) is 30.3 Å². The lowest BCUT2D eigenvalue weighted by Crippen LogP contribution is -2.24. The Morgan fingerprint density at radius 1 is 0.947 bits per heavy atom. The second-order valence-electron chi connectivity index (χ2n) is 5.39. The van der Waals surface area contributed by atoms with Crippen LogP contribution in [0.3, 0.4) is 0 Å². The smallest absolute Gasteiger partial charge is 0.0230 e. The highest BCUT2D eigenvalue weighted by atomic mass is 15.1. The number of unbranched alkanes of at least 4 members (excludes halogenated alkanes) is 3. The van der Waals surface area contributed by atoms with Gasteiger partial charge in [-0.3, -0.25) is 0 Å². The fourth-order valence-electron chi connectivity index (χ4n) is 2.25. The van der Waals surface area contributed by atoms with Crippen molar-refractivity contribution in [1.82, 2.24) is 10.2 Å². The average Bonchev–Trinajstić information content (AvgIpc) is 2.43. The normalized spacial score (nSPS) is 11.1. The van der Waals surface area contributed by atoms with Gasteiger partial charge in [-0.05, 0) is 45.1 Å². The second kappa shape index (κ2) is 11.0. The van der Waals surface area contributed by atoms with Crippen molar-refractivity contribution >= 4 is 0 Å². The zero-order valence-corrected chi connectivity index (χ0v) is 12.7. The second-order valence-corrected chi connectivity index (χ2v) is 5.39. The maximum absolute atomic E-state index is 3.54. The Kier molecular flexibility index (Phi) is 9.38. The summed E-state index contributed by atoms with van der Waals surface area (Å²) >= 11 is 0. The number of rotatable bonds is 11. The molecule has 108 valence electrons. The molecule has 0 unspecified atom stereocenters. The molecule has 0 aliphatic heterocycles. The molecule has 1 aromatic carbocycles. The van der Waals surface area contributed by atoms with Gasteiger partial charge in [0, 0.05) is 6.54 Å². The van der Waals surface area contributed by atoms with E-state index < -0.39 is 0 Å². The van der Waals surface area contributed by atoms with Crippen molar-refractivity contribution in [3.8, 4) is 0 Å². The molecule has 0 fully saturated rings. The lowest BCUT2D eigenvalue weighted by atomic mass is 10.2. The van der Waals surface area contributed by atoms with E-state index in [1.165, 1.54) is 44.2 Å². The first-order valence-corrected chi connectivity index (χ1v) is 7.76. The third-order valence-electron chi connectivity index (χ3n) is 3.40. The molecule has 1 aromatic rings. The quantitative estimate of drug-likeness (QED) is 0.612. The third-order valence-corrected chi connectivity index (χ3v) is 3.40. The molecule has 0 aliphatic rings. The Morgan fingerprint density at radius 3 is 2.42 bits per heavy atom. The molecule has 0 atom stereocenters. The lowest BCUT2D eigenvalue weighted by Gasteiger charge is -2.16. The molecule has 0 heterocycles. The maximum atomic E-state index is 3.54. The Morgan fingerprint density at radius 2 is 1.68 bits per heavy atom. The topological polar surface area (TPSA) is 15.3 Å². The Bertz CT molecular complexity index is 297. The van der Waals surface area contributed by atoms with Crippen LogP contribution < -0.4 is 5.32 Å². The van der Waals surface area contributed by atoms with E-state index in [-0.39, 0.29) is 0 Å². The van der Waals surface area contributed by atoms with Crippen LogP contribution in [-0.2, 0) is 6.54 Å². The largest absolute Gasteiger partial charge is 0.317 e. The van der Waals surface area contributed by atoms with Crippen molar-refractivity contribution in [3.63, 3.8) is 0 Å². The summed E-state index contributed by atoms with van der Waals surface area (Å²) in [6, 6.07) is 10.7. The van der Waals surface area contributed by atoms with Crippen molar-refractivity contribution in [2.24, 2.45) is 0 Å². The predicted octanol–water partition coefficient (Wildman–Crippen LogP) is 3.68. The first-order valence-electron chi connectivity index (χ1n) is 7.76. The fourth-order valence-corrected chi connectivity index (χ4v) is 2.25. The highest BCUT2D eigenvalue weighted by Crippen LogP contribution is 2.02. The van der Waals surface area contributed by atoms with Crippen LogP contribution in [0.4, 0.5) is 0 Å². The van der Waals surface area contributed by atoms with E-state index >= 15 is 0 Å². The van der Waals surface area contributed by atoms with E-state index in [1.807, 2.05) is 0 Å². The van der Waals surface area contributed by atoms with E-state index in [2.05, 4.69) is 54.5 Å². The van der Waals surface area contributed by atoms with Crippen molar-refractivity contribution < 1.29 is 0 Å². The van der Waals surface area contributed by atoms with E-state index in [9.17, 15) is 0 Å². The average molecular weight is 262 g/mol. The van der Waals surface area contributed by atoms with Crippen LogP contribution in [0.2, 0.25) is 0 Å². The van der Waals surface area contributed by atoms with Crippen LogP contribution in [0, 0.1) is 0 Å². The van der Waals surface area contributed by atoms with Gasteiger partial charge in [0.2, 0.25) is 0 Å². The number of hydrogen-bond acceptors (Lipinski definition) is 2. The molecule has 0 aliphatic carbocycles. The van der Waals surface area contributed by atoms with Crippen LogP contribution in [-0.4, -0.2) is 31.6 Å². The molecule has 2 nitrogen and oxygen atoms in total. The monoisotopic (exact) mass is 262 g/mol. The Hall–Kier alpha value is -0.860. The van der Waals surface area contributed by atoms with Crippen molar-refractivity contribution in [3.05, 3.63) is 35.9 Å². The van der Waals surface area contributed by atoms with Gasteiger partial charge in [0.1, 0.15) is 0 Å². The third kappa shape index (κ3) is 8.79. The van der Waals surface area contributed by atoms with Gasteiger partial charge >= 0.3 is 0 Å². The molecule has 19 heavy (non-hydrogen) atoms. The minimum Gasteiger partial charge on any atom is -0.317 e. The SMILES string of the molecule is CCCCCCNCCCN(C)Cc1ccccc1. The summed E-state index contributed by atoms with van der Waals surface area (Å²) in [5, 5.41) is 3.54. The van der Waals surface area contributed by atoms with Gasteiger partial charge in [0.15, 0.2) is 0 Å². The fraction of sp³-hybridized carbons (Fsp3) is 0.647. The molecular weight excluding hydrogens is 232 g/mol. The first-order chi connectivity index (χ1) is 9.33. The summed E-state index contributed by atoms with van der Waals surface area (Å²) in [6.45, 7) is 6.80. The molecule has 0 saturated heterocycles. The molecule has 1 N–H and O–H groups in total. The van der Waals surface area contributed by atoms with Gasteiger partial charge in [0.05, 0.1) is 0 Å². The van der Waals surface area contributed by atoms with Crippen LogP contribution in [0.25, 0.3) is 0 Å². The number of nitrogens with zero attached hydrogens (tertiary/aromatic N) is 1. The molecule has 0 amide bonds. The zero-order valence-electron chi connectivity index (χ0n) is 12.7. The lowest BCUT2D eigenvalue weighted by molar-refractivity contribution is 0.319. The Balaban J connectivity index is 1.94. The van der Waals surface area contributed by atoms with Crippen molar-refractivity contribution in [1.29, 1.82) is 0 Å². The highest BCUT2D eigenvalue weighted by molar-refractivity contribution is 5.14. The molecule has 0 saturated carbocycles. The summed E-state index contributed by atoms with van der Waals surface area (Å²) < 4.78 is 0. The molecule has 2 heteroatoms. The Labute approximate surface area is 119 Å². The van der Waals surface area contributed by atoms with Gasteiger partial charge in [-0.15, -0.1) is 0 Å². The minimum atomic E-state index is 1.05. The molecule has 1 rings (SSSR count). The van der Waals surface area contributed by atoms with Crippen LogP contribution >= 0.6 is 0 Å². The standard InChI is InChI=1S/C17H30N2/c1-3-4-5-9-13-18-14-10-15-19(2)16-17-11-7-6-8-12-17/h6-8,11-12,18H,3-5,9-10,13-16H2,1-2H3. The number of nitrogens with one attached hydrogen (secondary N) is 1. The van der Waals surface area contributed by atoms with E-state index in [0.717, 1.165) is 19.6 Å². The van der Waals surface area contributed by atoms with Gasteiger partial charge in [-0.25, -0.2) is 0 Å². The summed E-state index contributed by atoms with van der Waals surface area (Å²) in [6.07, 6.45) is 6.63. The maximum Gasteiger partial charge on any atom is 0.0230 e. The summed E-state index contributed by atoms with van der Waals surface area (Å²) in [5.41, 5.74) is 1.40. The van der Waals surface area contributed by atoms with E-state index in [0.29, 0.717) is 0 Å². The van der Waals surface area contributed by atoms with Crippen LogP contribution in [0.5, 0.6) is 0 Å². The number of benzene rings is 1. The van der Waals surface area contributed by atoms with Crippen molar-refractivity contribution in [2.45, 2.75) is 45.6 Å². The van der Waals surface area contributed by atoms with Gasteiger partial charge in [0.25, 0.3) is 0 Å². The molecule has 0 spiro atoms.